The lowest BCUT2D eigenvalue weighted by atomic mass is 10.0. The minimum atomic E-state index is -0.471. The first kappa shape index (κ1) is 16.0. The van der Waals surface area contributed by atoms with Crippen LogP contribution in [-0.4, -0.2) is 18.5 Å². The number of ether oxygens (including phenoxy) is 2. The molecular weight excluding hydrogens is 280 g/mol. The molecule has 0 saturated carbocycles. The van der Waals surface area contributed by atoms with Crippen LogP contribution in [0.1, 0.15) is 43.0 Å². The van der Waals surface area contributed by atoms with Gasteiger partial charge in [0.05, 0.1) is 17.7 Å². The maximum atomic E-state index is 12.1. The number of rotatable bonds is 6. The van der Waals surface area contributed by atoms with E-state index in [0.29, 0.717) is 29.9 Å². The van der Waals surface area contributed by atoms with Gasteiger partial charge in [-0.1, -0.05) is 37.6 Å². The van der Waals surface area contributed by atoms with Crippen molar-refractivity contribution in [3.63, 3.8) is 0 Å². The fraction of sp³-hybridized carbons (Fsp3) is 0.333. The predicted molar refractivity (Wildman–Crippen MR) is 83.1 cm³/mol. The van der Waals surface area contributed by atoms with Gasteiger partial charge in [0, 0.05) is 0 Å². The van der Waals surface area contributed by atoms with Crippen LogP contribution >= 0.6 is 0 Å². The van der Waals surface area contributed by atoms with E-state index < -0.39 is 11.9 Å². The lowest BCUT2D eigenvalue weighted by Gasteiger charge is -2.15. The van der Waals surface area contributed by atoms with Gasteiger partial charge >= 0.3 is 11.9 Å². The molecule has 1 aliphatic rings. The zero-order chi connectivity index (χ0) is 15.8. The topological polar surface area (TPSA) is 52.6 Å². The summed E-state index contributed by atoms with van der Waals surface area (Å²) in [5.74, 6) is -0.573. The zero-order valence-corrected chi connectivity index (χ0v) is 12.7. The van der Waals surface area contributed by atoms with Crippen LogP contribution in [0.5, 0.6) is 0 Å². The van der Waals surface area contributed by atoms with E-state index in [0.717, 1.165) is 19.3 Å². The Morgan fingerprint density at radius 3 is 2.64 bits per heavy atom. The molecule has 0 aromatic heterocycles. The summed E-state index contributed by atoms with van der Waals surface area (Å²) in [5, 5.41) is 0. The van der Waals surface area contributed by atoms with Gasteiger partial charge in [-0.05, 0) is 37.5 Å². The van der Waals surface area contributed by atoms with Crippen LogP contribution in [0.25, 0.3) is 0 Å². The van der Waals surface area contributed by atoms with Crippen molar-refractivity contribution in [3.05, 3.63) is 59.4 Å². The molecule has 2 rings (SSSR count). The molecule has 4 heteroatoms. The second kappa shape index (κ2) is 8.17. The summed E-state index contributed by atoms with van der Waals surface area (Å²) in [4.78, 5) is 24.2. The summed E-state index contributed by atoms with van der Waals surface area (Å²) in [6.07, 6.45) is 6.61. The highest BCUT2D eigenvalue weighted by Gasteiger charge is 2.21. The van der Waals surface area contributed by atoms with E-state index in [4.69, 9.17) is 9.47 Å². The molecule has 116 valence electrons. The number of carbonyl (C=O) groups excluding carboxylic acids is 2. The molecule has 1 aliphatic carbocycles. The molecule has 0 N–H and O–H groups in total. The Bertz CT molecular complexity index is 584. The Balaban J connectivity index is 2.09. The molecule has 4 nitrogen and oxygen atoms in total. The van der Waals surface area contributed by atoms with E-state index in [1.54, 1.807) is 30.3 Å². The molecule has 0 spiro atoms. The molecule has 0 atom stereocenters. The first-order valence-corrected chi connectivity index (χ1v) is 7.56. The summed E-state index contributed by atoms with van der Waals surface area (Å²) in [7, 11) is 0. The average Bonchev–Trinajstić information content (AvgIpc) is 2.56. The number of hydrogen-bond acceptors (Lipinski definition) is 4. The molecule has 1 aromatic rings. The van der Waals surface area contributed by atoms with Gasteiger partial charge in [-0.15, -0.1) is 0 Å². The zero-order valence-electron chi connectivity index (χ0n) is 12.7. The first-order valence-electron chi connectivity index (χ1n) is 7.56. The van der Waals surface area contributed by atoms with Gasteiger partial charge in [-0.25, -0.2) is 9.59 Å². The molecular formula is C18H20O4. The van der Waals surface area contributed by atoms with Gasteiger partial charge in [0.15, 0.2) is 0 Å². The first-order chi connectivity index (χ1) is 10.7. The van der Waals surface area contributed by atoms with Crippen molar-refractivity contribution in [2.24, 2.45) is 0 Å². The predicted octanol–water partition coefficient (Wildman–Crippen LogP) is 3.79. The van der Waals surface area contributed by atoms with E-state index in [2.05, 4.69) is 0 Å². The van der Waals surface area contributed by atoms with E-state index in [9.17, 15) is 9.59 Å². The van der Waals surface area contributed by atoms with E-state index in [-0.39, 0.29) is 0 Å². The molecule has 0 unspecified atom stereocenters. The lowest BCUT2D eigenvalue weighted by molar-refractivity contribution is -0.139. The number of carbonyl (C=O) groups is 2. The molecule has 1 aromatic carbocycles. The fourth-order valence-corrected chi connectivity index (χ4v) is 2.07. The highest BCUT2D eigenvalue weighted by atomic mass is 16.5. The third-order valence-electron chi connectivity index (χ3n) is 3.32. The Hall–Kier alpha value is -2.36. The highest BCUT2D eigenvalue weighted by molar-refractivity contribution is 5.93. The SMILES string of the molecule is CCCCOC(=O)C1=C(OC(=O)c2ccccc2)C=CCC1. The normalized spacial score (nSPS) is 13.9. The summed E-state index contributed by atoms with van der Waals surface area (Å²) < 4.78 is 10.6. The average molecular weight is 300 g/mol. The van der Waals surface area contributed by atoms with Crippen molar-refractivity contribution >= 4 is 11.9 Å². The fourth-order valence-electron chi connectivity index (χ4n) is 2.07. The van der Waals surface area contributed by atoms with Crippen molar-refractivity contribution in [2.75, 3.05) is 6.61 Å². The Morgan fingerprint density at radius 2 is 1.91 bits per heavy atom. The largest absolute Gasteiger partial charge is 0.462 e. The van der Waals surface area contributed by atoms with Gasteiger partial charge in [-0.3, -0.25) is 0 Å². The molecule has 0 heterocycles. The van der Waals surface area contributed by atoms with E-state index in [1.807, 2.05) is 19.1 Å². The summed E-state index contributed by atoms with van der Waals surface area (Å²) in [6, 6.07) is 8.71. The number of unbranched alkanes of at least 4 members (excludes halogenated alkanes) is 1. The maximum absolute atomic E-state index is 12.1. The second-order valence-corrected chi connectivity index (χ2v) is 5.03. The van der Waals surface area contributed by atoms with Crippen molar-refractivity contribution < 1.29 is 19.1 Å². The van der Waals surface area contributed by atoms with E-state index >= 15 is 0 Å². The lowest BCUT2D eigenvalue weighted by Crippen LogP contribution is -2.15. The molecule has 0 saturated heterocycles. The summed E-state index contributed by atoms with van der Waals surface area (Å²) in [5.41, 5.74) is 0.885. The number of allylic oxidation sites excluding steroid dienone is 2. The van der Waals surface area contributed by atoms with Gasteiger partial charge in [0.1, 0.15) is 5.76 Å². The quantitative estimate of drug-likeness (QED) is 0.592. The second-order valence-electron chi connectivity index (χ2n) is 5.03. The maximum Gasteiger partial charge on any atom is 0.343 e. The summed E-state index contributed by atoms with van der Waals surface area (Å²) >= 11 is 0. The monoisotopic (exact) mass is 300 g/mol. The minimum absolute atomic E-state index is 0.293. The minimum Gasteiger partial charge on any atom is -0.462 e. The Kier molecular flexibility index (Phi) is 5.95. The number of benzene rings is 1. The standard InChI is InChI=1S/C18H20O4/c1-2-3-13-21-18(20)15-11-7-8-12-16(15)22-17(19)14-9-5-4-6-10-14/h4-6,8-10,12H,2-3,7,11,13H2,1H3. The molecule has 0 fully saturated rings. The molecule has 22 heavy (non-hydrogen) atoms. The van der Waals surface area contributed by atoms with Crippen LogP contribution in [0.2, 0.25) is 0 Å². The van der Waals surface area contributed by atoms with Crippen molar-refractivity contribution in [2.45, 2.75) is 32.6 Å². The Morgan fingerprint density at radius 1 is 1.14 bits per heavy atom. The van der Waals surface area contributed by atoms with Crippen molar-refractivity contribution in [1.29, 1.82) is 0 Å². The van der Waals surface area contributed by atoms with Crippen LogP contribution in [0.15, 0.2) is 53.8 Å². The van der Waals surface area contributed by atoms with Crippen LogP contribution in [0.4, 0.5) is 0 Å². The van der Waals surface area contributed by atoms with Crippen molar-refractivity contribution in [1.82, 2.24) is 0 Å². The van der Waals surface area contributed by atoms with Crippen LogP contribution in [-0.2, 0) is 14.3 Å². The van der Waals surface area contributed by atoms with Crippen molar-refractivity contribution in [3.8, 4) is 0 Å². The third kappa shape index (κ3) is 4.32. The number of hydrogen-bond donors (Lipinski definition) is 0. The van der Waals surface area contributed by atoms with Crippen LogP contribution in [0.3, 0.4) is 0 Å². The van der Waals surface area contributed by atoms with Gasteiger partial charge in [-0.2, -0.15) is 0 Å². The van der Waals surface area contributed by atoms with Crippen LogP contribution < -0.4 is 0 Å². The molecule has 0 radical (unpaired) electrons. The Labute approximate surface area is 130 Å². The number of esters is 2. The molecule has 0 aliphatic heterocycles. The van der Waals surface area contributed by atoms with Crippen LogP contribution in [0, 0.1) is 0 Å². The van der Waals surface area contributed by atoms with Gasteiger partial charge in [0.2, 0.25) is 0 Å². The van der Waals surface area contributed by atoms with E-state index in [1.165, 1.54) is 0 Å². The highest BCUT2D eigenvalue weighted by Crippen LogP contribution is 2.22. The smallest absolute Gasteiger partial charge is 0.343 e. The summed E-state index contributed by atoms with van der Waals surface area (Å²) in [6.45, 7) is 2.42. The molecule has 0 bridgehead atoms. The molecule has 0 amide bonds. The third-order valence-corrected chi connectivity index (χ3v) is 3.32. The van der Waals surface area contributed by atoms with Gasteiger partial charge in [0.25, 0.3) is 0 Å². The van der Waals surface area contributed by atoms with Gasteiger partial charge < -0.3 is 9.47 Å².